The number of benzene rings is 1. The summed E-state index contributed by atoms with van der Waals surface area (Å²) in [4.78, 5) is 30.5. The van der Waals surface area contributed by atoms with Crippen molar-refractivity contribution in [1.29, 1.82) is 5.26 Å². The van der Waals surface area contributed by atoms with E-state index in [0.29, 0.717) is 12.1 Å². The molecule has 6 nitrogen and oxygen atoms in total. The number of carbonyl (C=O) groups excluding carboxylic acids is 2. The van der Waals surface area contributed by atoms with E-state index in [0.717, 1.165) is 9.80 Å². The fourth-order valence-electron chi connectivity index (χ4n) is 2.71. The van der Waals surface area contributed by atoms with Crippen LogP contribution in [0.25, 0.3) is 0 Å². The van der Waals surface area contributed by atoms with E-state index in [9.17, 15) is 35.9 Å². The van der Waals surface area contributed by atoms with Crippen LogP contribution in [0.4, 0.5) is 26.3 Å². The van der Waals surface area contributed by atoms with Crippen LogP contribution in [-0.2, 0) is 23.7 Å². The third-order valence-corrected chi connectivity index (χ3v) is 4.34. The third kappa shape index (κ3) is 5.96. The van der Waals surface area contributed by atoms with Gasteiger partial charge in [0.25, 0.3) is 5.91 Å². The molecule has 0 bridgehead atoms. The first-order chi connectivity index (χ1) is 14.7. The van der Waals surface area contributed by atoms with Crippen molar-refractivity contribution in [2.75, 3.05) is 20.6 Å². The van der Waals surface area contributed by atoms with Crippen molar-refractivity contribution in [2.24, 2.45) is 0 Å². The molecule has 0 saturated carbocycles. The van der Waals surface area contributed by atoms with Crippen LogP contribution < -0.4 is 0 Å². The van der Waals surface area contributed by atoms with E-state index >= 15 is 0 Å². The molecule has 0 atom stereocenters. The van der Waals surface area contributed by atoms with E-state index in [2.05, 4.69) is 4.98 Å². The van der Waals surface area contributed by atoms with Gasteiger partial charge >= 0.3 is 12.4 Å². The van der Waals surface area contributed by atoms with Gasteiger partial charge in [-0.05, 0) is 35.9 Å². The Labute approximate surface area is 178 Å². The summed E-state index contributed by atoms with van der Waals surface area (Å²) in [6.07, 6.45) is -8.74. The van der Waals surface area contributed by atoms with E-state index in [1.165, 1.54) is 32.4 Å². The second-order valence-corrected chi connectivity index (χ2v) is 6.84. The maximum atomic E-state index is 13.0. The number of nitrogens with zero attached hydrogens (tertiary/aromatic N) is 4. The summed E-state index contributed by atoms with van der Waals surface area (Å²) >= 11 is 0. The van der Waals surface area contributed by atoms with Crippen molar-refractivity contribution in [1.82, 2.24) is 14.8 Å². The van der Waals surface area contributed by atoms with Crippen LogP contribution in [0.5, 0.6) is 0 Å². The molecule has 2 aromatic rings. The molecule has 0 N–H and O–H groups in total. The molecule has 0 spiro atoms. The van der Waals surface area contributed by atoms with Gasteiger partial charge in [0.05, 0.1) is 23.2 Å². The predicted octanol–water partition coefficient (Wildman–Crippen LogP) is 3.72. The Hall–Kier alpha value is -3.62. The van der Waals surface area contributed by atoms with Gasteiger partial charge in [-0.15, -0.1) is 0 Å². The maximum Gasteiger partial charge on any atom is 0.416 e. The molecule has 0 radical (unpaired) electrons. The highest BCUT2D eigenvalue weighted by Gasteiger charge is 2.37. The van der Waals surface area contributed by atoms with Crippen LogP contribution in [0, 0.1) is 11.3 Å². The molecule has 0 aliphatic carbocycles. The van der Waals surface area contributed by atoms with Gasteiger partial charge in [-0.3, -0.25) is 9.59 Å². The quantitative estimate of drug-likeness (QED) is 0.640. The van der Waals surface area contributed by atoms with Gasteiger partial charge in [0.2, 0.25) is 5.91 Å². The molecule has 0 unspecified atom stereocenters. The minimum Gasteiger partial charge on any atom is -0.340 e. The Bertz CT molecular complexity index is 1030. The first-order valence-corrected chi connectivity index (χ1v) is 8.87. The molecule has 0 aliphatic rings. The molecule has 1 heterocycles. The van der Waals surface area contributed by atoms with Crippen molar-refractivity contribution in [3.8, 4) is 6.07 Å². The topological polar surface area (TPSA) is 77.3 Å². The van der Waals surface area contributed by atoms with Gasteiger partial charge in [-0.25, -0.2) is 4.98 Å². The second kappa shape index (κ2) is 9.25. The molecule has 2 amide bonds. The van der Waals surface area contributed by atoms with Gasteiger partial charge < -0.3 is 9.80 Å². The normalized spacial score (nSPS) is 11.6. The van der Waals surface area contributed by atoms with E-state index < -0.39 is 48.4 Å². The Morgan fingerprint density at radius 1 is 1.00 bits per heavy atom. The average Bonchev–Trinajstić information content (AvgIpc) is 2.71. The lowest BCUT2D eigenvalue weighted by Gasteiger charge is -2.23. The van der Waals surface area contributed by atoms with E-state index in [1.54, 1.807) is 6.07 Å². The number of carbonyl (C=O) groups is 2. The SMILES string of the molecule is CN(Cc1cc(C(F)(F)F)cc(C(F)(F)F)c1)C(=O)CN(C)C(=O)c1ncccc1C#N. The first kappa shape index (κ1) is 24.6. The van der Waals surface area contributed by atoms with Crippen molar-refractivity contribution in [3.63, 3.8) is 0 Å². The molecular weight excluding hydrogens is 442 g/mol. The largest absolute Gasteiger partial charge is 0.416 e. The predicted molar refractivity (Wildman–Crippen MR) is 98.8 cm³/mol. The molecule has 1 aromatic heterocycles. The average molecular weight is 458 g/mol. The summed E-state index contributed by atoms with van der Waals surface area (Å²) in [5.41, 5.74) is -3.58. The molecule has 170 valence electrons. The lowest BCUT2D eigenvalue weighted by Crippen LogP contribution is -2.39. The fraction of sp³-hybridized carbons (Fsp3) is 0.300. The Morgan fingerprint density at radius 2 is 1.56 bits per heavy atom. The van der Waals surface area contributed by atoms with Crippen LogP contribution in [-0.4, -0.2) is 47.2 Å². The van der Waals surface area contributed by atoms with Gasteiger partial charge in [-0.1, -0.05) is 0 Å². The first-order valence-electron chi connectivity index (χ1n) is 8.87. The standard InChI is InChI=1S/C20H16F6N4O2/c1-29(10-12-6-14(19(21,22)23)8-15(7-12)20(24,25)26)16(31)11-30(2)18(32)17-13(9-27)4-3-5-28-17/h3-8H,10-11H2,1-2H3. The molecular formula is C20H16F6N4O2. The maximum absolute atomic E-state index is 13.0. The molecule has 0 fully saturated rings. The Balaban J connectivity index is 2.18. The van der Waals surface area contributed by atoms with Crippen molar-refractivity contribution in [2.45, 2.75) is 18.9 Å². The van der Waals surface area contributed by atoms with Crippen LogP contribution in [0.15, 0.2) is 36.5 Å². The van der Waals surface area contributed by atoms with Gasteiger partial charge in [-0.2, -0.15) is 31.6 Å². The number of hydrogen-bond donors (Lipinski definition) is 0. The number of amides is 2. The summed E-state index contributed by atoms with van der Waals surface area (Å²) in [6.45, 7) is -1.09. The molecule has 12 heteroatoms. The molecule has 32 heavy (non-hydrogen) atoms. The Morgan fingerprint density at radius 3 is 2.06 bits per heavy atom. The second-order valence-electron chi connectivity index (χ2n) is 6.84. The number of rotatable bonds is 5. The fourth-order valence-corrected chi connectivity index (χ4v) is 2.71. The van der Waals surface area contributed by atoms with Crippen LogP contribution in [0.3, 0.4) is 0 Å². The number of hydrogen-bond acceptors (Lipinski definition) is 4. The van der Waals surface area contributed by atoms with Gasteiger partial charge in [0, 0.05) is 26.8 Å². The lowest BCUT2D eigenvalue weighted by molar-refractivity contribution is -0.143. The van der Waals surface area contributed by atoms with Crippen LogP contribution in [0.1, 0.15) is 32.7 Å². The molecule has 2 rings (SSSR count). The van der Waals surface area contributed by atoms with Crippen molar-refractivity contribution >= 4 is 11.8 Å². The highest BCUT2D eigenvalue weighted by molar-refractivity contribution is 5.96. The van der Waals surface area contributed by atoms with Crippen LogP contribution >= 0.6 is 0 Å². The summed E-state index contributed by atoms with van der Waals surface area (Å²) in [6, 6.07) is 5.64. The van der Waals surface area contributed by atoms with E-state index in [-0.39, 0.29) is 22.9 Å². The minimum atomic E-state index is -5.01. The van der Waals surface area contributed by atoms with Crippen LogP contribution in [0.2, 0.25) is 0 Å². The summed E-state index contributed by atoms with van der Waals surface area (Å²) in [5, 5.41) is 9.05. The lowest BCUT2D eigenvalue weighted by atomic mass is 10.0. The molecule has 1 aromatic carbocycles. The number of aromatic nitrogens is 1. The monoisotopic (exact) mass is 458 g/mol. The molecule has 0 saturated heterocycles. The smallest absolute Gasteiger partial charge is 0.340 e. The number of likely N-dealkylation sites (N-methyl/N-ethyl adjacent to an activating group) is 2. The van der Waals surface area contributed by atoms with Crippen molar-refractivity contribution < 1.29 is 35.9 Å². The summed E-state index contributed by atoms with van der Waals surface area (Å²) in [5.74, 6) is -1.50. The Kier molecular flexibility index (Phi) is 7.13. The zero-order chi connectivity index (χ0) is 24.3. The van der Waals surface area contributed by atoms with Crippen molar-refractivity contribution in [3.05, 3.63) is 64.5 Å². The highest BCUT2D eigenvalue weighted by atomic mass is 19.4. The number of alkyl halides is 6. The summed E-state index contributed by atoms with van der Waals surface area (Å²) < 4.78 is 78.0. The van der Waals surface area contributed by atoms with Gasteiger partial charge in [0.1, 0.15) is 11.8 Å². The van der Waals surface area contributed by atoms with Gasteiger partial charge in [0.15, 0.2) is 0 Å². The number of pyridine rings is 1. The minimum absolute atomic E-state index is 0.00257. The zero-order valence-corrected chi connectivity index (χ0v) is 16.8. The van der Waals surface area contributed by atoms with E-state index in [1.807, 2.05) is 0 Å². The molecule has 0 aliphatic heterocycles. The highest BCUT2D eigenvalue weighted by Crippen LogP contribution is 2.36. The zero-order valence-electron chi connectivity index (χ0n) is 16.8. The number of nitriles is 1. The number of halogens is 6. The van der Waals surface area contributed by atoms with E-state index in [4.69, 9.17) is 5.26 Å². The third-order valence-electron chi connectivity index (χ3n) is 4.34. The summed E-state index contributed by atoms with van der Waals surface area (Å²) in [7, 11) is 2.42.